The highest BCUT2D eigenvalue weighted by Gasteiger charge is 2.43. The van der Waals surface area contributed by atoms with Crippen molar-refractivity contribution in [3.8, 4) is 0 Å². The highest BCUT2D eigenvalue weighted by molar-refractivity contribution is 7.95. The zero-order chi connectivity index (χ0) is 22.4. The van der Waals surface area contributed by atoms with Gasteiger partial charge in [0.2, 0.25) is 21.8 Å². The van der Waals surface area contributed by atoms with E-state index in [0.29, 0.717) is 6.54 Å². The Labute approximate surface area is 183 Å². The monoisotopic (exact) mass is 469 g/mol. The van der Waals surface area contributed by atoms with Crippen LogP contribution in [0.5, 0.6) is 0 Å². The molecule has 11 heteroatoms. The van der Waals surface area contributed by atoms with Crippen LogP contribution in [0, 0.1) is 12.8 Å². The Bertz CT molecular complexity index is 1080. The summed E-state index contributed by atoms with van der Waals surface area (Å²) < 4.78 is 50.2. The summed E-state index contributed by atoms with van der Waals surface area (Å²) in [5.74, 6) is -1.10. The van der Waals surface area contributed by atoms with Crippen LogP contribution in [0.4, 0.5) is 5.69 Å². The summed E-state index contributed by atoms with van der Waals surface area (Å²) in [5, 5.41) is -0.893. The van der Waals surface area contributed by atoms with Crippen molar-refractivity contribution in [3.05, 3.63) is 29.8 Å². The van der Waals surface area contributed by atoms with Crippen molar-refractivity contribution in [1.29, 1.82) is 0 Å². The van der Waals surface area contributed by atoms with Crippen LogP contribution < -0.4 is 4.90 Å². The second-order valence-corrected chi connectivity index (χ2v) is 13.0. The number of sulfone groups is 1. The van der Waals surface area contributed by atoms with Gasteiger partial charge < -0.3 is 9.80 Å². The summed E-state index contributed by atoms with van der Waals surface area (Å²) >= 11 is 0. The average molecular weight is 470 g/mol. The van der Waals surface area contributed by atoms with E-state index in [4.69, 9.17) is 0 Å². The molecule has 0 spiro atoms. The number of carbonyl (C=O) groups excluding carboxylic acids is 2. The molecule has 2 amide bonds. The number of hydrogen-bond acceptors (Lipinski definition) is 6. The molecule has 0 bridgehead atoms. The first kappa shape index (κ1) is 22.2. The molecule has 1 aromatic carbocycles. The molecule has 3 heterocycles. The molecule has 3 aliphatic heterocycles. The first-order valence-electron chi connectivity index (χ1n) is 10.4. The molecule has 2 unspecified atom stereocenters. The number of benzene rings is 1. The van der Waals surface area contributed by atoms with Gasteiger partial charge in [0.15, 0.2) is 9.84 Å². The van der Waals surface area contributed by atoms with Gasteiger partial charge in [-0.2, -0.15) is 4.31 Å². The molecule has 3 aliphatic rings. The Kier molecular flexibility index (Phi) is 5.86. The van der Waals surface area contributed by atoms with E-state index in [1.807, 2.05) is 31.2 Å². The molecule has 0 N–H and O–H groups in total. The number of rotatable bonds is 4. The van der Waals surface area contributed by atoms with Crippen molar-refractivity contribution < 1.29 is 26.4 Å². The number of aryl methyl sites for hydroxylation is 1. The molecular weight excluding hydrogens is 442 g/mol. The fourth-order valence-corrected chi connectivity index (χ4v) is 8.99. The third-order valence-corrected chi connectivity index (χ3v) is 10.7. The van der Waals surface area contributed by atoms with Gasteiger partial charge in [0.25, 0.3) is 0 Å². The summed E-state index contributed by atoms with van der Waals surface area (Å²) in [7, 11) is -7.00. The quantitative estimate of drug-likeness (QED) is 0.614. The van der Waals surface area contributed by atoms with Gasteiger partial charge in [-0.3, -0.25) is 9.59 Å². The lowest BCUT2D eigenvalue weighted by atomic mass is 10.1. The van der Waals surface area contributed by atoms with Crippen LogP contribution >= 0.6 is 0 Å². The van der Waals surface area contributed by atoms with Gasteiger partial charge in [0.05, 0.1) is 22.7 Å². The largest absolute Gasteiger partial charge is 0.340 e. The Balaban J connectivity index is 1.35. The van der Waals surface area contributed by atoms with E-state index in [1.165, 1.54) is 4.31 Å². The van der Waals surface area contributed by atoms with E-state index in [-0.39, 0.29) is 62.3 Å². The molecule has 9 nitrogen and oxygen atoms in total. The first-order valence-corrected chi connectivity index (χ1v) is 13.7. The topological polar surface area (TPSA) is 112 Å². The smallest absolute Gasteiger partial charge is 0.228 e. The lowest BCUT2D eigenvalue weighted by Gasteiger charge is -2.36. The zero-order valence-electron chi connectivity index (χ0n) is 17.4. The van der Waals surface area contributed by atoms with E-state index in [9.17, 15) is 26.4 Å². The lowest BCUT2D eigenvalue weighted by molar-refractivity contribution is -0.136. The van der Waals surface area contributed by atoms with Crippen LogP contribution in [0.25, 0.3) is 0 Å². The molecule has 0 aliphatic carbocycles. The fraction of sp³-hybridized carbons (Fsp3) is 0.600. The average Bonchev–Trinajstić information content (AvgIpc) is 3.30. The maximum atomic E-state index is 13.0. The van der Waals surface area contributed by atoms with Gasteiger partial charge in [-0.1, -0.05) is 17.7 Å². The molecule has 3 saturated heterocycles. The number of amides is 2. The maximum Gasteiger partial charge on any atom is 0.228 e. The second kappa shape index (κ2) is 8.18. The van der Waals surface area contributed by atoms with E-state index < -0.39 is 31.0 Å². The zero-order valence-corrected chi connectivity index (χ0v) is 19.1. The molecule has 0 aromatic heterocycles. The minimum Gasteiger partial charge on any atom is -0.340 e. The van der Waals surface area contributed by atoms with Crippen molar-refractivity contribution in [2.75, 3.05) is 49.1 Å². The third kappa shape index (κ3) is 4.49. The Morgan fingerprint density at radius 2 is 1.71 bits per heavy atom. The SMILES string of the molecule is Cc1ccc(N2CC(C(=O)N3CCN(S(=O)(=O)C4CCS(=O)(=O)C4)CC3)CC2=O)cc1. The van der Waals surface area contributed by atoms with Crippen LogP contribution in [-0.2, 0) is 29.4 Å². The van der Waals surface area contributed by atoms with E-state index >= 15 is 0 Å². The highest BCUT2D eigenvalue weighted by Crippen LogP contribution is 2.28. The van der Waals surface area contributed by atoms with Crippen molar-refractivity contribution in [1.82, 2.24) is 9.21 Å². The Morgan fingerprint density at radius 1 is 1.06 bits per heavy atom. The molecule has 31 heavy (non-hydrogen) atoms. The summed E-state index contributed by atoms with van der Waals surface area (Å²) in [5.41, 5.74) is 1.86. The number of carbonyl (C=O) groups is 2. The molecular formula is C20H27N3O6S2. The van der Waals surface area contributed by atoms with Crippen molar-refractivity contribution in [2.45, 2.75) is 25.0 Å². The fourth-order valence-electron chi connectivity index (χ4n) is 4.48. The molecule has 1 aromatic rings. The van der Waals surface area contributed by atoms with Crippen LogP contribution in [0.15, 0.2) is 24.3 Å². The van der Waals surface area contributed by atoms with Crippen LogP contribution in [0.1, 0.15) is 18.4 Å². The molecule has 170 valence electrons. The van der Waals surface area contributed by atoms with Gasteiger partial charge in [0, 0.05) is 44.8 Å². The minimum absolute atomic E-state index is 0.0918. The van der Waals surface area contributed by atoms with Crippen LogP contribution in [-0.4, -0.2) is 87.3 Å². The van der Waals surface area contributed by atoms with E-state index in [2.05, 4.69) is 0 Å². The second-order valence-electron chi connectivity index (χ2n) is 8.54. The van der Waals surface area contributed by atoms with Crippen LogP contribution in [0.3, 0.4) is 0 Å². The third-order valence-electron chi connectivity index (χ3n) is 6.34. The van der Waals surface area contributed by atoms with E-state index in [1.54, 1.807) is 9.80 Å². The summed E-state index contributed by atoms with van der Waals surface area (Å²) in [4.78, 5) is 28.7. The Hall–Kier alpha value is -1.98. The number of piperazine rings is 1. The van der Waals surface area contributed by atoms with Gasteiger partial charge in [-0.25, -0.2) is 16.8 Å². The summed E-state index contributed by atoms with van der Waals surface area (Å²) in [6.07, 6.45) is 0.272. The van der Waals surface area contributed by atoms with Crippen molar-refractivity contribution in [2.24, 2.45) is 5.92 Å². The van der Waals surface area contributed by atoms with Gasteiger partial charge >= 0.3 is 0 Å². The summed E-state index contributed by atoms with van der Waals surface area (Å²) in [6, 6.07) is 7.58. The number of hydrogen-bond donors (Lipinski definition) is 0. The molecule has 0 radical (unpaired) electrons. The molecule has 3 fully saturated rings. The molecule has 4 rings (SSSR count). The number of nitrogens with zero attached hydrogens (tertiary/aromatic N) is 3. The first-order chi connectivity index (χ1) is 14.6. The number of anilines is 1. The standard InChI is InChI=1S/C20H27N3O6S2/c1-15-2-4-17(5-3-15)23-13-16(12-19(23)24)20(25)21-7-9-22(10-8-21)31(28,29)18-6-11-30(26,27)14-18/h2-5,16,18H,6-14H2,1H3. The minimum atomic E-state index is -3.70. The van der Waals surface area contributed by atoms with Crippen molar-refractivity contribution in [3.63, 3.8) is 0 Å². The van der Waals surface area contributed by atoms with Gasteiger partial charge in [-0.15, -0.1) is 0 Å². The predicted molar refractivity (Wildman–Crippen MR) is 116 cm³/mol. The van der Waals surface area contributed by atoms with E-state index in [0.717, 1.165) is 11.3 Å². The maximum absolute atomic E-state index is 13.0. The molecule has 0 saturated carbocycles. The Morgan fingerprint density at radius 3 is 2.29 bits per heavy atom. The van der Waals surface area contributed by atoms with Gasteiger partial charge in [-0.05, 0) is 25.5 Å². The molecule has 2 atom stereocenters. The highest BCUT2D eigenvalue weighted by atomic mass is 32.2. The van der Waals surface area contributed by atoms with Gasteiger partial charge in [0.1, 0.15) is 0 Å². The summed E-state index contributed by atoms with van der Waals surface area (Å²) in [6.45, 7) is 3.06. The van der Waals surface area contributed by atoms with Crippen molar-refractivity contribution >= 4 is 37.4 Å². The predicted octanol–water partition coefficient (Wildman–Crippen LogP) is 0.00902. The lowest BCUT2D eigenvalue weighted by Crippen LogP contribution is -2.54. The van der Waals surface area contributed by atoms with Crippen LogP contribution in [0.2, 0.25) is 0 Å². The normalized spacial score (nSPS) is 27.1. The number of sulfonamides is 1.